The van der Waals surface area contributed by atoms with Gasteiger partial charge >= 0.3 is 6.09 Å². The average Bonchev–Trinajstić information content (AvgIpc) is 3.55. The van der Waals surface area contributed by atoms with Crippen molar-refractivity contribution in [3.8, 4) is 22.6 Å². The second kappa shape index (κ2) is 10.1. The van der Waals surface area contributed by atoms with E-state index in [4.69, 9.17) is 10.1 Å². The molecule has 12 heteroatoms. The summed E-state index contributed by atoms with van der Waals surface area (Å²) >= 11 is 0. The molecule has 4 rings (SSSR count). The molecule has 0 spiro atoms. The number of aromatic amines is 1. The smallest absolute Gasteiger partial charge is 0.404 e. The van der Waals surface area contributed by atoms with Gasteiger partial charge in [-0.2, -0.15) is 0 Å². The van der Waals surface area contributed by atoms with E-state index in [1.807, 2.05) is 13.0 Å². The number of carboxylic acid groups (broad SMARTS) is 1. The third-order valence-corrected chi connectivity index (χ3v) is 7.53. The third kappa shape index (κ3) is 6.11. The molecule has 0 bridgehead atoms. The van der Waals surface area contributed by atoms with E-state index in [0.29, 0.717) is 41.2 Å². The van der Waals surface area contributed by atoms with Crippen molar-refractivity contribution in [3.63, 3.8) is 0 Å². The number of rotatable bonds is 10. The number of hydrogen-bond donors (Lipinski definition) is 5. The molecule has 192 valence electrons. The van der Waals surface area contributed by atoms with Crippen LogP contribution in [0, 0.1) is 6.92 Å². The van der Waals surface area contributed by atoms with E-state index < -0.39 is 21.4 Å². The molecule has 1 saturated carbocycles. The first kappa shape index (κ1) is 25.4. The molecule has 11 nitrogen and oxygen atoms in total. The predicted molar refractivity (Wildman–Crippen MR) is 139 cm³/mol. The molecular weight excluding hydrogens is 482 g/mol. The van der Waals surface area contributed by atoms with E-state index in [2.05, 4.69) is 30.3 Å². The van der Waals surface area contributed by atoms with Gasteiger partial charge in [0, 0.05) is 36.0 Å². The highest BCUT2D eigenvalue weighted by atomic mass is 32.2. The fraction of sp³-hybridized carbons (Fsp3) is 0.417. The Morgan fingerprint density at radius 1 is 1.19 bits per heavy atom. The van der Waals surface area contributed by atoms with Crippen molar-refractivity contribution in [1.82, 2.24) is 25.3 Å². The number of aryl methyl sites for hydroxylation is 1. The molecule has 0 aliphatic heterocycles. The van der Waals surface area contributed by atoms with Gasteiger partial charge in [-0.3, -0.25) is 4.72 Å². The van der Waals surface area contributed by atoms with E-state index >= 15 is 0 Å². The van der Waals surface area contributed by atoms with Gasteiger partial charge in [-0.25, -0.2) is 28.2 Å². The highest BCUT2D eigenvalue weighted by Crippen LogP contribution is 2.42. The molecule has 0 radical (unpaired) electrons. The molecule has 0 saturated heterocycles. The Labute approximate surface area is 210 Å². The van der Waals surface area contributed by atoms with E-state index in [1.54, 1.807) is 45.2 Å². The molecule has 1 fully saturated rings. The van der Waals surface area contributed by atoms with Crippen LogP contribution in [0.15, 0.2) is 30.5 Å². The maximum Gasteiger partial charge on any atom is 0.404 e. The van der Waals surface area contributed by atoms with E-state index in [1.165, 1.54) is 0 Å². The molecule has 1 amide bonds. The van der Waals surface area contributed by atoms with Crippen molar-refractivity contribution >= 4 is 27.8 Å². The van der Waals surface area contributed by atoms with Crippen molar-refractivity contribution < 1.29 is 18.3 Å². The van der Waals surface area contributed by atoms with Gasteiger partial charge in [-0.1, -0.05) is 0 Å². The summed E-state index contributed by atoms with van der Waals surface area (Å²) in [7, 11) is -3.50. The number of hydrogen-bond acceptors (Lipinski definition) is 7. The Hall–Kier alpha value is -3.67. The van der Waals surface area contributed by atoms with Gasteiger partial charge in [0.1, 0.15) is 5.82 Å². The van der Waals surface area contributed by atoms with Crippen LogP contribution < -0.4 is 15.4 Å². The molecule has 36 heavy (non-hydrogen) atoms. The van der Waals surface area contributed by atoms with Crippen LogP contribution in [0.4, 0.5) is 16.4 Å². The van der Waals surface area contributed by atoms with Gasteiger partial charge in [0.15, 0.2) is 0 Å². The van der Waals surface area contributed by atoms with E-state index in [0.717, 1.165) is 29.8 Å². The summed E-state index contributed by atoms with van der Waals surface area (Å²) in [6, 6.07) is 6.97. The molecule has 1 aromatic carbocycles. The SMILES string of the molecule is Cc1cc(NS(=O)(=O)C(C)C)cc(-c2nc(C3CC3)[nH]c2-c2ccnc(NCC(C)NC(=O)O)n2)c1. The lowest BCUT2D eigenvalue weighted by Crippen LogP contribution is -2.36. The number of nitrogens with zero attached hydrogens (tertiary/aromatic N) is 3. The second-order valence-electron chi connectivity index (χ2n) is 9.40. The summed E-state index contributed by atoms with van der Waals surface area (Å²) in [6.07, 6.45) is 2.65. The fourth-order valence-electron chi connectivity index (χ4n) is 3.69. The zero-order valence-corrected chi connectivity index (χ0v) is 21.5. The van der Waals surface area contributed by atoms with E-state index in [-0.39, 0.29) is 6.04 Å². The topological polar surface area (TPSA) is 162 Å². The first-order valence-corrected chi connectivity index (χ1v) is 13.4. The lowest BCUT2D eigenvalue weighted by molar-refractivity contribution is 0.191. The summed E-state index contributed by atoms with van der Waals surface area (Å²) in [5.41, 5.74) is 4.14. The van der Waals surface area contributed by atoms with Crippen LogP contribution >= 0.6 is 0 Å². The summed E-state index contributed by atoms with van der Waals surface area (Å²) in [5, 5.41) is 13.7. The minimum atomic E-state index is -3.50. The molecule has 2 aromatic heterocycles. The largest absolute Gasteiger partial charge is 0.465 e. The first-order chi connectivity index (χ1) is 17.0. The quantitative estimate of drug-likeness (QED) is 0.272. The molecule has 1 aliphatic rings. The van der Waals surface area contributed by atoms with Gasteiger partial charge in [0.2, 0.25) is 16.0 Å². The molecule has 1 unspecified atom stereocenters. The molecule has 3 aromatic rings. The zero-order chi connectivity index (χ0) is 26.0. The van der Waals surface area contributed by atoms with Gasteiger partial charge < -0.3 is 20.7 Å². The number of amides is 1. The van der Waals surface area contributed by atoms with Crippen LogP contribution in [0.2, 0.25) is 0 Å². The maximum atomic E-state index is 12.5. The van der Waals surface area contributed by atoms with Gasteiger partial charge in [-0.15, -0.1) is 0 Å². The number of sulfonamides is 1. The molecule has 2 heterocycles. The highest BCUT2D eigenvalue weighted by molar-refractivity contribution is 7.93. The van der Waals surface area contributed by atoms with Crippen molar-refractivity contribution in [2.45, 2.75) is 57.7 Å². The van der Waals surface area contributed by atoms with Gasteiger partial charge in [-0.05, 0) is 70.4 Å². The number of H-pyrrole nitrogens is 1. The number of anilines is 2. The maximum absolute atomic E-state index is 12.5. The fourth-order valence-corrected chi connectivity index (χ4v) is 4.37. The molecule has 1 atom stereocenters. The highest BCUT2D eigenvalue weighted by Gasteiger charge is 2.29. The average molecular weight is 514 g/mol. The number of aromatic nitrogens is 4. The summed E-state index contributed by atoms with van der Waals surface area (Å²) in [5.74, 6) is 1.59. The number of carbonyl (C=O) groups is 1. The normalized spacial score (nSPS) is 14.5. The minimum Gasteiger partial charge on any atom is -0.465 e. The van der Waals surface area contributed by atoms with E-state index in [9.17, 15) is 13.2 Å². The number of nitrogens with one attached hydrogen (secondary N) is 4. The number of benzene rings is 1. The summed E-state index contributed by atoms with van der Waals surface area (Å²) in [6.45, 7) is 7.22. The Morgan fingerprint density at radius 2 is 1.94 bits per heavy atom. The summed E-state index contributed by atoms with van der Waals surface area (Å²) in [4.78, 5) is 28.0. The standard InChI is InChI=1S/C24H31N7O4S/c1-13(2)36(34,35)31-18-10-14(3)9-17(11-18)20-21(30-22(29-20)16-5-6-16)19-7-8-25-23(28-19)26-12-15(4)27-24(32)33/h7-11,13,15-16,27,31H,5-6,12H2,1-4H3,(H,29,30)(H,32,33)(H,25,26,28). The first-order valence-electron chi connectivity index (χ1n) is 11.8. The Balaban J connectivity index is 1.69. The monoisotopic (exact) mass is 513 g/mol. The van der Waals surface area contributed by atoms with Crippen molar-refractivity contribution in [2.24, 2.45) is 0 Å². The predicted octanol–water partition coefficient (Wildman–Crippen LogP) is 3.94. The molecule has 5 N–H and O–H groups in total. The van der Waals surface area contributed by atoms with Crippen LogP contribution in [0.5, 0.6) is 0 Å². The van der Waals surface area contributed by atoms with Crippen LogP contribution in [0.3, 0.4) is 0 Å². The molecule has 1 aliphatic carbocycles. The zero-order valence-electron chi connectivity index (χ0n) is 20.7. The van der Waals surface area contributed by atoms with Gasteiger partial charge in [0.25, 0.3) is 0 Å². The van der Waals surface area contributed by atoms with Crippen molar-refractivity contribution in [3.05, 3.63) is 41.9 Å². The van der Waals surface area contributed by atoms with Crippen LogP contribution in [0.25, 0.3) is 22.6 Å². The molecular formula is C24H31N7O4S. The van der Waals surface area contributed by atoms with Crippen LogP contribution in [0.1, 0.15) is 50.9 Å². The minimum absolute atomic E-state index is 0.316. The van der Waals surface area contributed by atoms with Crippen molar-refractivity contribution in [1.29, 1.82) is 0 Å². The Bertz CT molecular complexity index is 1370. The van der Waals surface area contributed by atoms with Crippen LogP contribution in [-0.4, -0.2) is 57.4 Å². The Morgan fingerprint density at radius 3 is 2.61 bits per heavy atom. The van der Waals surface area contributed by atoms with Gasteiger partial charge in [0.05, 0.1) is 22.3 Å². The van der Waals surface area contributed by atoms with Crippen LogP contribution in [-0.2, 0) is 10.0 Å². The Kier molecular flexibility index (Phi) is 7.16. The second-order valence-corrected chi connectivity index (χ2v) is 11.6. The van der Waals surface area contributed by atoms with Crippen molar-refractivity contribution in [2.75, 3.05) is 16.6 Å². The summed E-state index contributed by atoms with van der Waals surface area (Å²) < 4.78 is 27.6. The lowest BCUT2D eigenvalue weighted by atomic mass is 10.0. The lowest BCUT2D eigenvalue weighted by Gasteiger charge is -2.13. The third-order valence-electron chi connectivity index (χ3n) is 5.77. The number of imidazole rings is 1.